The van der Waals surface area contributed by atoms with E-state index in [1.807, 2.05) is 31.2 Å². The largest absolute Gasteiger partial charge is 0.480 e. The number of carbonyl (C=O) groups excluding carboxylic acids is 1. The van der Waals surface area contributed by atoms with Gasteiger partial charge in [-0.2, -0.15) is 4.98 Å². The number of halogens is 2. The average Bonchev–Trinajstić information content (AvgIpc) is 3.43. The normalized spacial score (nSPS) is 11.7. The molecule has 0 radical (unpaired) electrons. The first-order valence-corrected chi connectivity index (χ1v) is 12.4. The van der Waals surface area contributed by atoms with E-state index in [0.717, 1.165) is 5.56 Å². The number of carboxylic acid groups (broad SMARTS) is 1. The van der Waals surface area contributed by atoms with Crippen molar-refractivity contribution in [1.29, 1.82) is 0 Å². The fourth-order valence-corrected chi connectivity index (χ4v) is 4.21. The summed E-state index contributed by atoms with van der Waals surface area (Å²) in [6.07, 6.45) is -0.174. The Labute approximate surface area is 228 Å². The lowest BCUT2D eigenvalue weighted by atomic mass is 10.0. The minimum Gasteiger partial charge on any atom is -0.480 e. The van der Waals surface area contributed by atoms with Crippen LogP contribution in [-0.4, -0.2) is 33.2 Å². The van der Waals surface area contributed by atoms with Crippen molar-refractivity contribution in [2.75, 3.05) is 0 Å². The van der Waals surface area contributed by atoms with Crippen molar-refractivity contribution < 1.29 is 28.0 Å². The Morgan fingerprint density at radius 2 is 1.65 bits per heavy atom. The molecule has 1 aromatic heterocycles. The highest BCUT2D eigenvalue weighted by atomic mass is 19.1. The van der Waals surface area contributed by atoms with Crippen molar-refractivity contribution in [1.82, 2.24) is 15.5 Å². The van der Waals surface area contributed by atoms with Crippen LogP contribution in [0.5, 0.6) is 0 Å². The molecule has 7 nitrogen and oxygen atoms in total. The number of aliphatic carboxylic acids is 1. The lowest BCUT2D eigenvalue weighted by molar-refractivity contribution is -0.139. The summed E-state index contributed by atoms with van der Waals surface area (Å²) in [6.45, 7) is 1.95. The quantitative estimate of drug-likeness (QED) is 0.248. The lowest BCUT2D eigenvalue weighted by Crippen LogP contribution is -2.42. The Kier molecular flexibility index (Phi) is 7.46. The Balaban J connectivity index is 1.31. The van der Waals surface area contributed by atoms with E-state index in [-0.39, 0.29) is 29.3 Å². The Morgan fingerprint density at radius 1 is 0.875 bits per heavy atom. The maximum atomic E-state index is 15.0. The van der Waals surface area contributed by atoms with Gasteiger partial charge >= 0.3 is 5.97 Å². The van der Waals surface area contributed by atoms with Gasteiger partial charge in [-0.05, 0) is 60.5 Å². The molecule has 0 aliphatic rings. The number of nitrogens with zero attached hydrogens (tertiary/aromatic N) is 2. The molecule has 9 heteroatoms. The fourth-order valence-electron chi connectivity index (χ4n) is 4.21. The van der Waals surface area contributed by atoms with Crippen LogP contribution in [-0.2, 0) is 11.2 Å². The first-order valence-electron chi connectivity index (χ1n) is 12.4. The molecule has 0 aliphatic carbocycles. The maximum absolute atomic E-state index is 15.0. The van der Waals surface area contributed by atoms with Crippen molar-refractivity contribution >= 4 is 11.9 Å². The summed E-state index contributed by atoms with van der Waals surface area (Å²) in [4.78, 5) is 29.1. The third-order valence-electron chi connectivity index (χ3n) is 6.35. The zero-order chi connectivity index (χ0) is 28.2. The van der Waals surface area contributed by atoms with Crippen molar-refractivity contribution in [3.05, 3.63) is 119 Å². The minimum absolute atomic E-state index is 0.0532. The molecule has 200 valence electrons. The van der Waals surface area contributed by atoms with E-state index in [4.69, 9.17) is 4.52 Å². The van der Waals surface area contributed by atoms with E-state index in [9.17, 15) is 19.1 Å². The monoisotopic (exact) mass is 539 g/mol. The molecule has 40 heavy (non-hydrogen) atoms. The summed E-state index contributed by atoms with van der Waals surface area (Å²) >= 11 is 0. The van der Waals surface area contributed by atoms with Gasteiger partial charge in [0.15, 0.2) is 0 Å². The zero-order valence-corrected chi connectivity index (χ0v) is 21.3. The summed E-state index contributed by atoms with van der Waals surface area (Å²) in [6, 6.07) is 22.6. The highest BCUT2D eigenvalue weighted by Gasteiger charge is 2.23. The third kappa shape index (κ3) is 5.78. The summed E-state index contributed by atoms with van der Waals surface area (Å²) < 4.78 is 34.5. The van der Waals surface area contributed by atoms with E-state index in [2.05, 4.69) is 15.5 Å². The number of hydrogen-bond donors (Lipinski definition) is 2. The van der Waals surface area contributed by atoms with Gasteiger partial charge in [0.25, 0.3) is 11.8 Å². The molecule has 0 fully saturated rings. The van der Waals surface area contributed by atoms with Gasteiger partial charge in [0.05, 0.1) is 5.56 Å². The van der Waals surface area contributed by atoms with Gasteiger partial charge in [0, 0.05) is 23.1 Å². The first kappa shape index (κ1) is 26.4. The molecule has 4 aromatic carbocycles. The van der Waals surface area contributed by atoms with Crippen LogP contribution in [0.1, 0.15) is 21.5 Å². The third-order valence-corrected chi connectivity index (χ3v) is 6.35. The van der Waals surface area contributed by atoms with Gasteiger partial charge in [0.1, 0.15) is 17.7 Å². The van der Waals surface area contributed by atoms with Gasteiger partial charge in [-0.25, -0.2) is 13.6 Å². The van der Waals surface area contributed by atoms with Crippen LogP contribution >= 0.6 is 0 Å². The van der Waals surface area contributed by atoms with Gasteiger partial charge in [-0.1, -0.05) is 59.3 Å². The summed E-state index contributed by atoms with van der Waals surface area (Å²) in [5, 5.41) is 16.1. The van der Waals surface area contributed by atoms with E-state index in [1.165, 1.54) is 30.3 Å². The number of benzene rings is 4. The number of carboxylic acids is 1. The average molecular weight is 540 g/mol. The predicted molar refractivity (Wildman–Crippen MR) is 144 cm³/mol. The summed E-state index contributed by atoms with van der Waals surface area (Å²) in [5.74, 6) is -2.76. The van der Waals surface area contributed by atoms with Gasteiger partial charge in [0.2, 0.25) is 5.82 Å². The summed E-state index contributed by atoms with van der Waals surface area (Å²) in [5.41, 5.74) is 3.15. The number of hydrogen-bond acceptors (Lipinski definition) is 5. The number of rotatable bonds is 8. The minimum atomic E-state index is -1.34. The number of aromatic nitrogens is 2. The Morgan fingerprint density at radius 3 is 2.38 bits per heavy atom. The molecule has 0 spiro atoms. The molecule has 2 N–H and O–H groups in total. The summed E-state index contributed by atoms with van der Waals surface area (Å²) in [7, 11) is 0. The second-order valence-corrected chi connectivity index (χ2v) is 9.23. The molecule has 0 saturated carbocycles. The second-order valence-electron chi connectivity index (χ2n) is 9.23. The molecule has 5 aromatic rings. The van der Waals surface area contributed by atoms with Crippen LogP contribution in [0.25, 0.3) is 34.0 Å². The van der Waals surface area contributed by atoms with Crippen LogP contribution < -0.4 is 5.32 Å². The van der Waals surface area contributed by atoms with Crippen LogP contribution in [0.2, 0.25) is 0 Å². The standard InChI is InChI=1S/C31H23F2N3O4/c1-18-9-12-20(13-10-18)30-35-28(36-40-30)24-14-11-19(15-26(24)33)16-27(31(38)39)34-29(37)22-6-4-5-21(17-22)23-7-2-3-8-25(23)32/h2-15,17,27H,16H2,1H3,(H,34,37)(H,38,39)/t27-/m1/s1. The highest BCUT2D eigenvalue weighted by Crippen LogP contribution is 2.26. The van der Waals surface area contributed by atoms with Crippen molar-refractivity contribution in [3.8, 4) is 34.0 Å². The smallest absolute Gasteiger partial charge is 0.326 e. The zero-order valence-electron chi connectivity index (χ0n) is 21.3. The molecule has 1 amide bonds. The molecule has 5 rings (SSSR count). The number of aryl methyl sites for hydroxylation is 1. The first-order chi connectivity index (χ1) is 19.3. The number of amides is 1. The van der Waals surface area contributed by atoms with E-state index in [1.54, 1.807) is 36.4 Å². The maximum Gasteiger partial charge on any atom is 0.326 e. The predicted octanol–water partition coefficient (Wildman–Crippen LogP) is 6.08. The van der Waals surface area contributed by atoms with Crippen LogP contribution in [0.4, 0.5) is 8.78 Å². The van der Waals surface area contributed by atoms with E-state index in [0.29, 0.717) is 22.3 Å². The Bertz CT molecular complexity index is 1700. The molecular weight excluding hydrogens is 516 g/mol. The van der Waals surface area contributed by atoms with Gasteiger partial charge in [-0.3, -0.25) is 4.79 Å². The van der Waals surface area contributed by atoms with E-state index >= 15 is 4.39 Å². The highest BCUT2D eigenvalue weighted by molar-refractivity contribution is 5.97. The van der Waals surface area contributed by atoms with Crippen LogP contribution in [0.15, 0.2) is 95.5 Å². The Hall–Kier alpha value is -5.18. The van der Waals surface area contributed by atoms with Crippen molar-refractivity contribution in [2.45, 2.75) is 19.4 Å². The van der Waals surface area contributed by atoms with Crippen LogP contribution in [0.3, 0.4) is 0 Å². The fraction of sp³-hybridized carbons (Fsp3) is 0.0968. The molecule has 0 saturated heterocycles. The SMILES string of the molecule is Cc1ccc(-c2nc(-c3ccc(C[C@@H](NC(=O)c4cccc(-c5ccccc5F)c4)C(=O)O)cc3F)no2)cc1. The molecule has 0 aliphatic heterocycles. The molecule has 1 atom stereocenters. The van der Waals surface area contributed by atoms with Gasteiger partial charge < -0.3 is 14.9 Å². The van der Waals surface area contributed by atoms with E-state index < -0.39 is 29.6 Å². The topological polar surface area (TPSA) is 105 Å². The number of carbonyl (C=O) groups is 2. The van der Waals surface area contributed by atoms with Crippen molar-refractivity contribution in [3.63, 3.8) is 0 Å². The lowest BCUT2D eigenvalue weighted by Gasteiger charge is -2.15. The molecular formula is C31H23F2N3O4. The molecule has 1 heterocycles. The van der Waals surface area contributed by atoms with Gasteiger partial charge in [-0.15, -0.1) is 0 Å². The second kappa shape index (κ2) is 11.3. The number of nitrogens with one attached hydrogen (secondary N) is 1. The van der Waals surface area contributed by atoms with Crippen molar-refractivity contribution in [2.24, 2.45) is 0 Å². The molecule has 0 bridgehead atoms. The molecule has 0 unspecified atom stereocenters. The van der Waals surface area contributed by atoms with Crippen LogP contribution in [0, 0.1) is 18.6 Å².